The Morgan fingerprint density at radius 2 is 1.73 bits per heavy atom. The molecule has 130 valence electrons. The third kappa shape index (κ3) is 11.0. The van der Waals surface area contributed by atoms with Crippen molar-refractivity contribution in [3.05, 3.63) is 0 Å². The molecule has 0 atom stereocenters. The van der Waals surface area contributed by atoms with Crippen molar-refractivity contribution in [3.8, 4) is 0 Å². The van der Waals surface area contributed by atoms with E-state index >= 15 is 0 Å². The lowest BCUT2D eigenvalue weighted by molar-refractivity contribution is -0.145. The SMILES string of the molecule is CCCCCCCC(=O)OCCOCCOC1CCNCC1. The van der Waals surface area contributed by atoms with Gasteiger partial charge in [-0.3, -0.25) is 4.79 Å². The lowest BCUT2D eigenvalue weighted by Gasteiger charge is -2.22. The Balaban J connectivity index is 1.79. The van der Waals surface area contributed by atoms with Gasteiger partial charge in [0, 0.05) is 6.42 Å². The van der Waals surface area contributed by atoms with E-state index in [-0.39, 0.29) is 5.97 Å². The van der Waals surface area contributed by atoms with Gasteiger partial charge in [0.1, 0.15) is 6.61 Å². The lowest BCUT2D eigenvalue weighted by Crippen LogP contribution is -2.33. The molecule has 0 aromatic carbocycles. The van der Waals surface area contributed by atoms with E-state index in [0.29, 0.717) is 39.0 Å². The molecule has 5 heteroatoms. The second-order valence-electron chi connectivity index (χ2n) is 5.82. The maximum atomic E-state index is 11.5. The smallest absolute Gasteiger partial charge is 0.305 e. The Labute approximate surface area is 135 Å². The molecule has 0 unspecified atom stereocenters. The van der Waals surface area contributed by atoms with Crippen molar-refractivity contribution in [1.29, 1.82) is 0 Å². The molecule has 1 fully saturated rings. The first kappa shape index (κ1) is 19.4. The van der Waals surface area contributed by atoms with Crippen molar-refractivity contribution in [2.75, 3.05) is 39.5 Å². The number of hydrogen-bond acceptors (Lipinski definition) is 5. The third-order valence-electron chi connectivity index (χ3n) is 3.84. The first-order valence-electron chi connectivity index (χ1n) is 8.88. The van der Waals surface area contributed by atoms with E-state index < -0.39 is 0 Å². The quantitative estimate of drug-likeness (QED) is 0.418. The number of piperidine rings is 1. The summed E-state index contributed by atoms with van der Waals surface area (Å²) in [6.45, 7) is 6.26. The molecule has 1 saturated heterocycles. The summed E-state index contributed by atoms with van der Waals surface area (Å²) in [4.78, 5) is 11.5. The van der Waals surface area contributed by atoms with Crippen molar-refractivity contribution in [1.82, 2.24) is 5.32 Å². The zero-order valence-corrected chi connectivity index (χ0v) is 14.1. The molecule has 0 saturated carbocycles. The van der Waals surface area contributed by atoms with Crippen molar-refractivity contribution in [3.63, 3.8) is 0 Å². The van der Waals surface area contributed by atoms with Gasteiger partial charge in [-0.25, -0.2) is 0 Å². The number of hydrogen-bond donors (Lipinski definition) is 1. The first-order valence-corrected chi connectivity index (χ1v) is 8.88. The number of rotatable bonds is 13. The molecule has 1 aliphatic rings. The van der Waals surface area contributed by atoms with E-state index in [4.69, 9.17) is 14.2 Å². The molecule has 0 amide bonds. The predicted molar refractivity (Wildman–Crippen MR) is 87.0 cm³/mol. The Hall–Kier alpha value is -0.650. The van der Waals surface area contributed by atoms with Crippen molar-refractivity contribution >= 4 is 5.97 Å². The standard InChI is InChI=1S/C17H33NO4/c1-2-3-4-5-6-7-17(19)22-15-13-20-12-14-21-16-8-10-18-11-9-16/h16,18H,2-15H2,1H3. The topological polar surface area (TPSA) is 56.8 Å². The summed E-state index contributed by atoms with van der Waals surface area (Å²) < 4.78 is 16.3. The van der Waals surface area contributed by atoms with E-state index in [1.807, 2.05) is 0 Å². The van der Waals surface area contributed by atoms with Gasteiger partial charge in [-0.05, 0) is 32.4 Å². The minimum atomic E-state index is -0.106. The van der Waals surface area contributed by atoms with Crippen LogP contribution in [0, 0.1) is 0 Å². The van der Waals surface area contributed by atoms with Crippen LogP contribution in [0.4, 0.5) is 0 Å². The average Bonchev–Trinajstić information content (AvgIpc) is 2.55. The van der Waals surface area contributed by atoms with Crippen molar-refractivity contribution in [2.24, 2.45) is 0 Å². The van der Waals surface area contributed by atoms with Gasteiger partial charge < -0.3 is 19.5 Å². The molecule has 0 radical (unpaired) electrons. The van der Waals surface area contributed by atoms with E-state index in [2.05, 4.69) is 12.2 Å². The molecule has 22 heavy (non-hydrogen) atoms. The molecular formula is C17H33NO4. The fraction of sp³-hybridized carbons (Fsp3) is 0.941. The average molecular weight is 315 g/mol. The fourth-order valence-corrected chi connectivity index (χ4v) is 2.50. The monoisotopic (exact) mass is 315 g/mol. The molecule has 1 N–H and O–H groups in total. The van der Waals surface area contributed by atoms with Crippen LogP contribution in [0.1, 0.15) is 58.3 Å². The van der Waals surface area contributed by atoms with E-state index in [9.17, 15) is 4.79 Å². The van der Waals surface area contributed by atoms with Crippen LogP contribution < -0.4 is 5.32 Å². The number of carbonyl (C=O) groups is 1. The molecular weight excluding hydrogens is 282 g/mol. The van der Waals surface area contributed by atoms with Crippen LogP contribution in [-0.4, -0.2) is 51.6 Å². The summed E-state index contributed by atoms with van der Waals surface area (Å²) in [6, 6.07) is 0. The molecule has 1 rings (SSSR count). The summed E-state index contributed by atoms with van der Waals surface area (Å²) in [5, 5.41) is 3.31. The molecule has 0 spiro atoms. The largest absolute Gasteiger partial charge is 0.463 e. The highest BCUT2D eigenvalue weighted by molar-refractivity contribution is 5.69. The zero-order valence-electron chi connectivity index (χ0n) is 14.1. The van der Waals surface area contributed by atoms with Gasteiger partial charge in [0.25, 0.3) is 0 Å². The molecule has 5 nitrogen and oxygen atoms in total. The van der Waals surface area contributed by atoms with Crippen LogP contribution >= 0.6 is 0 Å². The Morgan fingerprint density at radius 1 is 1.00 bits per heavy atom. The van der Waals surface area contributed by atoms with Crippen LogP contribution in [0.3, 0.4) is 0 Å². The van der Waals surface area contributed by atoms with Gasteiger partial charge in [-0.1, -0.05) is 32.6 Å². The molecule has 1 heterocycles. The minimum absolute atomic E-state index is 0.106. The molecule has 0 aromatic rings. The third-order valence-corrected chi connectivity index (χ3v) is 3.84. The highest BCUT2D eigenvalue weighted by Crippen LogP contribution is 2.07. The summed E-state index contributed by atoms with van der Waals surface area (Å²) in [7, 11) is 0. The van der Waals surface area contributed by atoms with Gasteiger partial charge in [0.15, 0.2) is 0 Å². The Bertz CT molecular complexity index is 267. The molecule has 0 aliphatic carbocycles. The minimum Gasteiger partial charge on any atom is -0.463 e. The van der Waals surface area contributed by atoms with Crippen LogP contribution in [-0.2, 0) is 19.0 Å². The molecule has 0 aromatic heterocycles. The summed E-state index contributed by atoms with van der Waals surface area (Å²) in [6.07, 6.45) is 8.80. The van der Waals surface area contributed by atoms with Gasteiger partial charge in [-0.2, -0.15) is 0 Å². The summed E-state index contributed by atoms with van der Waals surface area (Å²) >= 11 is 0. The maximum absolute atomic E-state index is 11.5. The van der Waals surface area contributed by atoms with Crippen LogP contribution in [0.25, 0.3) is 0 Å². The summed E-state index contributed by atoms with van der Waals surface area (Å²) in [5.74, 6) is -0.106. The van der Waals surface area contributed by atoms with Crippen molar-refractivity contribution in [2.45, 2.75) is 64.4 Å². The number of ether oxygens (including phenoxy) is 3. The Morgan fingerprint density at radius 3 is 2.50 bits per heavy atom. The van der Waals surface area contributed by atoms with Gasteiger partial charge in [-0.15, -0.1) is 0 Å². The molecule has 1 aliphatic heterocycles. The van der Waals surface area contributed by atoms with Gasteiger partial charge >= 0.3 is 5.97 Å². The maximum Gasteiger partial charge on any atom is 0.305 e. The Kier molecular flexibility index (Phi) is 12.3. The highest BCUT2D eigenvalue weighted by atomic mass is 16.6. The zero-order chi connectivity index (χ0) is 15.9. The number of unbranched alkanes of at least 4 members (excludes halogenated alkanes) is 4. The number of nitrogens with one attached hydrogen (secondary N) is 1. The number of carbonyl (C=O) groups excluding carboxylic acids is 1. The number of esters is 1. The summed E-state index contributed by atoms with van der Waals surface area (Å²) in [5.41, 5.74) is 0. The van der Waals surface area contributed by atoms with Gasteiger partial charge in [0.2, 0.25) is 0 Å². The lowest BCUT2D eigenvalue weighted by atomic mass is 10.1. The van der Waals surface area contributed by atoms with E-state index in [1.54, 1.807) is 0 Å². The normalized spacial score (nSPS) is 15.9. The second kappa shape index (κ2) is 14.0. The van der Waals surface area contributed by atoms with E-state index in [0.717, 1.165) is 38.8 Å². The predicted octanol–water partition coefficient (Wildman–Crippen LogP) is 2.68. The second-order valence-corrected chi connectivity index (χ2v) is 5.82. The van der Waals surface area contributed by atoms with Crippen LogP contribution in [0.5, 0.6) is 0 Å². The van der Waals surface area contributed by atoms with E-state index in [1.165, 1.54) is 19.3 Å². The van der Waals surface area contributed by atoms with Gasteiger partial charge in [0.05, 0.1) is 25.9 Å². The first-order chi connectivity index (χ1) is 10.8. The fourth-order valence-electron chi connectivity index (χ4n) is 2.50. The molecule has 0 bridgehead atoms. The van der Waals surface area contributed by atoms with Crippen LogP contribution in [0.15, 0.2) is 0 Å². The van der Waals surface area contributed by atoms with Crippen molar-refractivity contribution < 1.29 is 19.0 Å². The highest BCUT2D eigenvalue weighted by Gasteiger charge is 2.12. The van der Waals surface area contributed by atoms with Crippen LogP contribution in [0.2, 0.25) is 0 Å².